The van der Waals surface area contributed by atoms with Gasteiger partial charge in [-0.25, -0.2) is 16.8 Å². The second-order valence-electron chi connectivity index (χ2n) is 3.58. The van der Waals surface area contributed by atoms with Crippen LogP contribution in [-0.4, -0.2) is 27.6 Å². The van der Waals surface area contributed by atoms with E-state index >= 15 is 0 Å². The Balaban J connectivity index is 0.00000324. The SMILES string of the molecule is CC=Cc1ccc(NS(C)(=O)=O)cc1S(=O)(=O)[O-].[Na+]. The number of nitrogens with one attached hydrogen (secondary N) is 1. The van der Waals surface area contributed by atoms with Crippen LogP contribution in [0.4, 0.5) is 5.69 Å². The van der Waals surface area contributed by atoms with Crippen molar-refractivity contribution in [2.24, 2.45) is 0 Å². The van der Waals surface area contributed by atoms with Crippen molar-refractivity contribution >= 4 is 31.9 Å². The fourth-order valence-electron chi connectivity index (χ4n) is 1.35. The Kier molecular flexibility index (Phi) is 6.73. The maximum Gasteiger partial charge on any atom is 1.00 e. The molecule has 19 heavy (non-hydrogen) atoms. The molecule has 0 bridgehead atoms. The first-order chi connectivity index (χ1) is 8.13. The summed E-state index contributed by atoms with van der Waals surface area (Å²) in [4.78, 5) is -0.464. The predicted molar refractivity (Wildman–Crippen MR) is 67.6 cm³/mol. The van der Waals surface area contributed by atoms with Gasteiger partial charge in [-0.05, 0) is 24.6 Å². The Morgan fingerprint density at radius 2 is 1.79 bits per heavy atom. The molecular weight excluding hydrogens is 301 g/mol. The smallest absolute Gasteiger partial charge is 0.744 e. The number of hydrogen-bond acceptors (Lipinski definition) is 5. The zero-order valence-corrected chi connectivity index (χ0v) is 14.4. The first-order valence-electron chi connectivity index (χ1n) is 4.84. The molecule has 0 aromatic heterocycles. The van der Waals surface area contributed by atoms with Gasteiger partial charge in [-0.15, -0.1) is 0 Å². The molecule has 0 aliphatic heterocycles. The van der Waals surface area contributed by atoms with Gasteiger partial charge < -0.3 is 4.55 Å². The molecule has 0 atom stereocenters. The average Bonchev–Trinajstić information content (AvgIpc) is 2.16. The van der Waals surface area contributed by atoms with Gasteiger partial charge >= 0.3 is 29.6 Å². The molecule has 1 aromatic carbocycles. The van der Waals surface area contributed by atoms with Crippen LogP contribution in [0.5, 0.6) is 0 Å². The van der Waals surface area contributed by atoms with Crippen LogP contribution in [-0.2, 0) is 20.1 Å². The van der Waals surface area contributed by atoms with Crippen LogP contribution in [0.3, 0.4) is 0 Å². The van der Waals surface area contributed by atoms with Crippen molar-refractivity contribution in [3.05, 3.63) is 29.8 Å². The molecule has 0 spiro atoms. The Morgan fingerprint density at radius 3 is 2.21 bits per heavy atom. The molecule has 1 rings (SSSR count). The molecule has 0 aliphatic rings. The van der Waals surface area contributed by atoms with E-state index in [9.17, 15) is 21.4 Å². The van der Waals surface area contributed by atoms with Gasteiger partial charge in [0.1, 0.15) is 10.1 Å². The molecule has 6 nitrogen and oxygen atoms in total. The first kappa shape index (κ1) is 18.6. The van der Waals surface area contributed by atoms with Gasteiger partial charge in [-0.1, -0.05) is 18.2 Å². The summed E-state index contributed by atoms with van der Waals surface area (Å²) in [6.45, 7) is 1.67. The van der Waals surface area contributed by atoms with Crippen molar-refractivity contribution in [3.63, 3.8) is 0 Å². The van der Waals surface area contributed by atoms with Gasteiger partial charge in [0.15, 0.2) is 0 Å². The van der Waals surface area contributed by atoms with Crippen molar-refractivity contribution in [3.8, 4) is 0 Å². The normalized spacial score (nSPS) is 12.2. The molecular formula is C10H12NNaO5S2. The third kappa shape index (κ3) is 6.07. The maximum absolute atomic E-state index is 11.1. The third-order valence-electron chi connectivity index (χ3n) is 1.93. The van der Waals surface area contributed by atoms with Crippen LogP contribution in [0.2, 0.25) is 0 Å². The minimum absolute atomic E-state index is 0. The van der Waals surface area contributed by atoms with E-state index in [1.807, 2.05) is 0 Å². The van der Waals surface area contributed by atoms with E-state index in [0.29, 0.717) is 0 Å². The van der Waals surface area contributed by atoms with Crippen LogP contribution in [0.1, 0.15) is 12.5 Å². The maximum atomic E-state index is 11.1. The van der Waals surface area contributed by atoms with E-state index in [1.54, 1.807) is 13.0 Å². The van der Waals surface area contributed by atoms with E-state index in [-0.39, 0.29) is 40.8 Å². The third-order valence-corrected chi connectivity index (χ3v) is 3.43. The van der Waals surface area contributed by atoms with Gasteiger partial charge in [-0.2, -0.15) is 0 Å². The standard InChI is InChI=1S/C10H13NO5S2.Na/c1-3-4-8-5-6-9(11-17(2,12)13)7-10(8)18(14,15)16;/h3-7,11H,1-2H3,(H,14,15,16);/q;+1/p-1. The van der Waals surface area contributed by atoms with Crippen LogP contribution in [0, 0.1) is 0 Å². The van der Waals surface area contributed by atoms with Crippen LogP contribution >= 0.6 is 0 Å². The summed E-state index contributed by atoms with van der Waals surface area (Å²) in [7, 11) is -8.20. The molecule has 1 N–H and O–H groups in total. The molecule has 0 unspecified atom stereocenters. The fourth-order valence-corrected chi connectivity index (χ4v) is 2.60. The Labute approximate surface area is 135 Å². The summed E-state index contributed by atoms with van der Waals surface area (Å²) in [6, 6.07) is 3.74. The molecule has 0 heterocycles. The van der Waals surface area contributed by atoms with Crippen molar-refractivity contribution in [1.29, 1.82) is 0 Å². The quantitative estimate of drug-likeness (QED) is 0.511. The number of benzene rings is 1. The van der Waals surface area contributed by atoms with E-state index < -0.39 is 25.0 Å². The molecule has 0 saturated carbocycles. The zero-order valence-electron chi connectivity index (χ0n) is 10.7. The van der Waals surface area contributed by atoms with Gasteiger partial charge in [-0.3, -0.25) is 4.72 Å². The Bertz CT molecular complexity index is 680. The zero-order chi connectivity index (χ0) is 14.0. The minimum Gasteiger partial charge on any atom is -0.744 e. The molecule has 0 radical (unpaired) electrons. The number of sulfonamides is 1. The Morgan fingerprint density at radius 1 is 1.21 bits per heavy atom. The monoisotopic (exact) mass is 313 g/mol. The van der Waals surface area contributed by atoms with Gasteiger partial charge in [0, 0.05) is 5.69 Å². The van der Waals surface area contributed by atoms with Gasteiger partial charge in [0.2, 0.25) is 10.0 Å². The Hall–Kier alpha value is -0.380. The molecule has 0 aliphatic carbocycles. The van der Waals surface area contributed by atoms with Crippen molar-refractivity contribution in [1.82, 2.24) is 0 Å². The number of anilines is 1. The van der Waals surface area contributed by atoms with Gasteiger partial charge in [0.25, 0.3) is 0 Å². The first-order valence-corrected chi connectivity index (χ1v) is 8.14. The van der Waals surface area contributed by atoms with E-state index in [4.69, 9.17) is 0 Å². The van der Waals surface area contributed by atoms with E-state index in [1.165, 1.54) is 18.2 Å². The van der Waals surface area contributed by atoms with Gasteiger partial charge in [0.05, 0.1) is 11.2 Å². The minimum atomic E-state index is -4.67. The second kappa shape index (κ2) is 6.87. The van der Waals surface area contributed by atoms with Crippen LogP contribution in [0.25, 0.3) is 6.08 Å². The summed E-state index contributed by atoms with van der Waals surface area (Å²) in [5, 5.41) is 0. The van der Waals surface area contributed by atoms with E-state index in [2.05, 4.69) is 4.72 Å². The molecule has 9 heteroatoms. The number of rotatable bonds is 4. The number of allylic oxidation sites excluding steroid dienone is 1. The van der Waals surface area contributed by atoms with Crippen LogP contribution < -0.4 is 34.3 Å². The van der Waals surface area contributed by atoms with Crippen molar-refractivity contribution in [2.75, 3.05) is 11.0 Å². The molecule has 100 valence electrons. The summed E-state index contributed by atoms with van der Waals surface area (Å²) >= 11 is 0. The summed E-state index contributed by atoms with van der Waals surface area (Å²) in [5.74, 6) is 0. The molecule has 0 saturated heterocycles. The summed E-state index contributed by atoms with van der Waals surface area (Å²) < 4.78 is 57.4. The number of hydrogen-bond donors (Lipinski definition) is 1. The molecule has 0 fully saturated rings. The largest absolute Gasteiger partial charge is 1.00 e. The van der Waals surface area contributed by atoms with Crippen molar-refractivity contribution < 1.29 is 50.9 Å². The average molecular weight is 313 g/mol. The fraction of sp³-hybridized carbons (Fsp3) is 0.200. The second-order valence-corrected chi connectivity index (χ2v) is 6.68. The summed E-state index contributed by atoms with van der Waals surface area (Å²) in [5.41, 5.74) is 0.242. The summed E-state index contributed by atoms with van der Waals surface area (Å²) in [6.07, 6.45) is 3.96. The molecule has 1 aromatic rings. The predicted octanol–water partition coefficient (Wildman–Crippen LogP) is -2.00. The van der Waals surface area contributed by atoms with Crippen molar-refractivity contribution in [2.45, 2.75) is 11.8 Å². The van der Waals surface area contributed by atoms with Crippen LogP contribution in [0.15, 0.2) is 29.2 Å². The molecule has 0 amide bonds. The van der Waals surface area contributed by atoms with E-state index in [0.717, 1.165) is 12.3 Å². The topological polar surface area (TPSA) is 103 Å².